The normalized spacial score (nSPS) is 19.8. The highest BCUT2D eigenvalue weighted by molar-refractivity contribution is 7.23. The van der Waals surface area contributed by atoms with Crippen LogP contribution in [0.15, 0.2) is 16.7 Å². The molecule has 276 valence electrons. The van der Waals surface area contributed by atoms with Gasteiger partial charge in [0.2, 0.25) is 5.89 Å². The van der Waals surface area contributed by atoms with Gasteiger partial charge >= 0.3 is 12.1 Å². The van der Waals surface area contributed by atoms with E-state index in [2.05, 4.69) is 31.7 Å². The maximum atomic E-state index is 15.5. The second kappa shape index (κ2) is 13.3. The van der Waals surface area contributed by atoms with Crippen molar-refractivity contribution < 1.29 is 32.3 Å². The largest absolute Gasteiger partial charge is 0.461 e. The van der Waals surface area contributed by atoms with Crippen molar-refractivity contribution in [1.82, 2.24) is 25.0 Å². The Balaban J connectivity index is 1.28. The molecule has 0 unspecified atom stereocenters. The van der Waals surface area contributed by atoms with Crippen molar-refractivity contribution in [1.29, 1.82) is 5.26 Å². The van der Waals surface area contributed by atoms with Gasteiger partial charge in [0.15, 0.2) is 5.82 Å². The fourth-order valence-corrected chi connectivity index (χ4v) is 9.09. The number of nitrogens with one attached hydrogen (secondary N) is 2. The lowest BCUT2D eigenvalue weighted by Gasteiger charge is -2.30. The zero-order chi connectivity index (χ0) is 37.2. The van der Waals surface area contributed by atoms with Gasteiger partial charge < -0.3 is 24.1 Å². The van der Waals surface area contributed by atoms with E-state index in [4.69, 9.17) is 40.3 Å². The molecular formula is C36H35ClF2N8O5S. The van der Waals surface area contributed by atoms with Gasteiger partial charge in [-0.15, -0.1) is 11.3 Å². The van der Waals surface area contributed by atoms with Gasteiger partial charge in [-0.25, -0.2) is 13.6 Å². The minimum absolute atomic E-state index is 0.0262. The van der Waals surface area contributed by atoms with Gasteiger partial charge in [0, 0.05) is 23.9 Å². The summed E-state index contributed by atoms with van der Waals surface area (Å²) in [6, 6.07) is 5.05. The zero-order valence-corrected chi connectivity index (χ0v) is 30.9. The molecule has 2 aromatic carbocycles. The minimum atomic E-state index is -0.936. The van der Waals surface area contributed by atoms with Crippen LogP contribution in [0.5, 0.6) is 6.01 Å². The highest BCUT2D eigenvalue weighted by atomic mass is 35.5. The summed E-state index contributed by atoms with van der Waals surface area (Å²) in [6.45, 7) is 8.71. The average Bonchev–Trinajstić information content (AvgIpc) is 3.92. The fraction of sp³-hybridized carbons (Fsp3) is 0.444. The number of nitriles is 1. The molecule has 3 aliphatic heterocycles. The number of amides is 1. The predicted octanol–water partition coefficient (Wildman–Crippen LogP) is 7.81. The van der Waals surface area contributed by atoms with E-state index >= 15 is 4.39 Å². The highest BCUT2D eigenvalue weighted by Gasteiger charge is 2.49. The second-order valence-corrected chi connectivity index (χ2v) is 15.9. The van der Waals surface area contributed by atoms with E-state index in [1.807, 2.05) is 0 Å². The number of nitrogens with zero attached hydrogens (tertiary/aromatic N) is 6. The van der Waals surface area contributed by atoms with Crippen LogP contribution in [-0.4, -0.2) is 68.1 Å². The Morgan fingerprint density at radius 2 is 2.04 bits per heavy atom. The first kappa shape index (κ1) is 35.3. The van der Waals surface area contributed by atoms with Gasteiger partial charge in [-0.2, -0.15) is 20.2 Å². The number of carbonyl (C=O) groups excluding carboxylic acids is 1. The third kappa shape index (κ3) is 6.39. The highest BCUT2D eigenvalue weighted by Crippen LogP contribution is 2.50. The van der Waals surface area contributed by atoms with Crippen LogP contribution in [0.25, 0.3) is 32.1 Å². The molecule has 3 aliphatic rings. The molecule has 53 heavy (non-hydrogen) atoms. The molecule has 6 heterocycles. The van der Waals surface area contributed by atoms with Crippen molar-refractivity contribution in [3.05, 3.63) is 51.4 Å². The summed E-state index contributed by atoms with van der Waals surface area (Å²) in [5, 5.41) is 21.4. The number of fused-ring (bicyclic) bond motifs is 5. The number of carbonyl (C=O) groups is 1. The third-order valence-electron chi connectivity index (χ3n) is 9.77. The number of thiophene rings is 1. The number of aromatic nitrogens is 4. The number of benzene rings is 2. The number of aryl methyl sites for hydroxylation is 1. The van der Waals surface area contributed by atoms with Crippen LogP contribution in [-0.2, 0) is 29.2 Å². The molecule has 0 radical (unpaired) electrons. The van der Waals surface area contributed by atoms with Crippen LogP contribution >= 0.6 is 22.9 Å². The van der Waals surface area contributed by atoms with Gasteiger partial charge in [0.05, 0.1) is 51.5 Å². The van der Waals surface area contributed by atoms with Crippen LogP contribution in [0.4, 0.5) is 24.4 Å². The van der Waals surface area contributed by atoms with E-state index in [-0.39, 0.29) is 58.0 Å². The standard InChI is InChI=1S/C36H35ClF2N8O5S/c1-17-42-24(52-46-17)12-41-31-27-22-15-49-14-21(22)25(28(37)29(27)43-33(44-31)50-16-36-8-5-9-47(36)13-18(38)10-36)19-6-7-23(39)30-26(19)20(11-40)32(53-30)45-34(48)51-35(2,3)4/h6-7,18H,5,8-10,12-16H2,1-4H3,(H,45,48)(H,41,43,44)/t18-,36+/m1/s1. The molecule has 3 aromatic heterocycles. The van der Waals surface area contributed by atoms with Gasteiger partial charge in [0.25, 0.3) is 0 Å². The first-order valence-electron chi connectivity index (χ1n) is 17.2. The summed E-state index contributed by atoms with van der Waals surface area (Å²) in [5.74, 6) is 0.617. The Morgan fingerprint density at radius 3 is 2.79 bits per heavy atom. The Bertz CT molecular complexity index is 2340. The lowest BCUT2D eigenvalue weighted by atomic mass is 9.91. The minimum Gasteiger partial charge on any atom is -0.461 e. The zero-order valence-electron chi connectivity index (χ0n) is 29.4. The molecule has 0 aliphatic carbocycles. The predicted molar refractivity (Wildman–Crippen MR) is 193 cm³/mol. The van der Waals surface area contributed by atoms with Gasteiger partial charge in [-0.05, 0) is 69.8 Å². The molecule has 2 fully saturated rings. The number of hydrogen-bond acceptors (Lipinski definition) is 13. The molecule has 5 aromatic rings. The summed E-state index contributed by atoms with van der Waals surface area (Å²) in [6.07, 6.45) is 0.395. The maximum Gasteiger partial charge on any atom is 0.412 e. The summed E-state index contributed by atoms with van der Waals surface area (Å²) < 4.78 is 53.3. The van der Waals surface area contributed by atoms with Crippen LogP contribution in [0.1, 0.15) is 68.4 Å². The van der Waals surface area contributed by atoms with Crippen LogP contribution in [0.3, 0.4) is 0 Å². The number of anilines is 2. The van der Waals surface area contributed by atoms with Gasteiger partial charge in [0.1, 0.15) is 41.1 Å². The fourth-order valence-electron chi connectivity index (χ4n) is 7.67. The molecular weight excluding hydrogens is 730 g/mol. The van der Waals surface area contributed by atoms with Crippen LogP contribution in [0.2, 0.25) is 5.02 Å². The van der Waals surface area contributed by atoms with Crippen molar-refractivity contribution in [2.24, 2.45) is 0 Å². The van der Waals surface area contributed by atoms with Crippen molar-refractivity contribution in [2.45, 2.75) is 84.0 Å². The molecule has 0 bridgehead atoms. The first-order valence-corrected chi connectivity index (χ1v) is 18.4. The molecule has 0 spiro atoms. The molecule has 13 nitrogen and oxygen atoms in total. The van der Waals surface area contributed by atoms with Crippen molar-refractivity contribution in [3.8, 4) is 23.2 Å². The van der Waals surface area contributed by atoms with Crippen molar-refractivity contribution in [3.63, 3.8) is 0 Å². The third-order valence-corrected chi connectivity index (χ3v) is 11.3. The first-order chi connectivity index (χ1) is 25.3. The van der Waals surface area contributed by atoms with E-state index in [0.717, 1.165) is 36.3 Å². The van der Waals surface area contributed by atoms with Crippen LogP contribution < -0.4 is 15.4 Å². The van der Waals surface area contributed by atoms with E-state index < -0.39 is 29.2 Å². The van der Waals surface area contributed by atoms with Gasteiger partial charge in [-0.1, -0.05) is 22.8 Å². The van der Waals surface area contributed by atoms with Crippen LogP contribution in [0, 0.1) is 24.1 Å². The monoisotopic (exact) mass is 764 g/mol. The SMILES string of the molecule is Cc1noc(CNc2nc(OC[C@@]34CCCN3C[C@H](F)C4)nc3c(Cl)c(-c4ccc(F)c5sc(NC(=O)OC(C)(C)C)c(C#N)c45)c4c(c23)COC4)n1. The van der Waals surface area contributed by atoms with Gasteiger partial charge in [-0.3, -0.25) is 10.2 Å². The summed E-state index contributed by atoms with van der Waals surface area (Å²) in [7, 11) is 0. The number of halogens is 3. The Kier molecular flexibility index (Phi) is 8.88. The molecule has 0 saturated carbocycles. The van der Waals surface area contributed by atoms with E-state index in [9.17, 15) is 14.4 Å². The lowest BCUT2D eigenvalue weighted by molar-refractivity contribution is 0.0636. The van der Waals surface area contributed by atoms with E-state index in [1.165, 1.54) is 6.07 Å². The number of hydrogen-bond donors (Lipinski definition) is 2. The summed E-state index contributed by atoms with van der Waals surface area (Å²) in [4.78, 5) is 28.8. The van der Waals surface area contributed by atoms with Crippen molar-refractivity contribution >= 4 is 60.8 Å². The maximum absolute atomic E-state index is 15.5. The average molecular weight is 765 g/mol. The Morgan fingerprint density at radius 1 is 1.23 bits per heavy atom. The molecule has 17 heteroatoms. The number of alkyl halides is 1. The molecule has 8 rings (SSSR count). The Hall–Kier alpha value is -4.69. The quantitative estimate of drug-likeness (QED) is 0.158. The lowest BCUT2D eigenvalue weighted by Crippen LogP contribution is -2.43. The molecule has 2 saturated heterocycles. The second-order valence-electron chi connectivity index (χ2n) is 14.5. The van der Waals surface area contributed by atoms with Crippen molar-refractivity contribution in [2.75, 3.05) is 30.3 Å². The molecule has 2 atom stereocenters. The topological polar surface area (TPSA) is 161 Å². The molecule has 2 N–H and O–H groups in total. The number of rotatable bonds is 8. The smallest absolute Gasteiger partial charge is 0.412 e. The summed E-state index contributed by atoms with van der Waals surface area (Å²) >= 11 is 8.29. The van der Waals surface area contributed by atoms with E-state index in [0.29, 0.717) is 58.1 Å². The number of ether oxygens (including phenoxy) is 3. The summed E-state index contributed by atoms with van der Waals surface area (Å²) in [5.41, 5.74) is 1.54. The Labute approximate surface area is 311 Å². The molecule has 1 amide bonds. The van der Waals surface area contributed by atoms with E-state index in [1.54, 1.807) is 33.8 Å².